The summed E-state index contributed by atoms with van der Waals surface area (Å²) in [6.07, 6.45) is 4.31. The van der Waals surface area contributed by atoms with Crippen LogP contribution in [0, 0.1) is 5.16 Å². The van der Waals surface area contributed by atoms with Gasteiger partial charge in [0.05, 0.1) is 7.51 Å². The zero-order valence-electron chi connectivity index (χ0n) is 9.34. The van der Waals surface area contributed by atoms with Gasteiger partial charge >= 0.3 is 0 Å². The van der Waals surface area contributed by atoms with E-state index >= 15 is 0 Å². The lowest BCUT2D eigenvalue weighted by Crippen LogP contribution is -2.02. The van der Waals surface area contributed by atoms with Crippen molar-refractivity contribution in [1.29, 1.82) is 5.16 Å². The largest absolute Gasteiger partial charge is 0.374 e. The monoisotopic (exact) mass is 278 g/mol. The van der Waals surface area contributed by atoms with Crippen LogP contribution in [0.25, 0.3) is 0 Å². The molecule has 2 aromatic rings. The number of hydrogen-bond donors (Lipinski definition) is 2. The molecule has 18 heavy (non-hydrogen) atoms. The Bertz CT molecular complexity index is 526. The van der Waals surface area contributed by atoms with Gasteiger partial charge in [-0.05, 0) is 24.4 Å². The molecular weight excluding hydrogens is 267 g/mol. The maximum atomic E-state index is 7.57. The number of hydrogen-bond acceptors (Lipinski definition) is 5. The first-order chi connectivity index (χ1) is 8.70. The summed E-state index contributed by atoms with van der Waals surface area (Å²) < 4.78 is 3.79. The zero-order valence-corrected chi connectivity index (χ0v) is 11.1. The highest BCUT2D eigenvalue weighted by molar-refractivity contribution is 7.80. The van der Waals surface area contributed by atoms with Gasteiger partial charge in [-0.1, -0.05) is 18.2 Å². The predicted octanol–water partition coefficient (Wildman–Crippen LogP) is 1.85. The van der Waals surface area contributed by atoms with E-state index in [2.05, 4.69) is 31.9 Å². The molecule has 0 bridgehead atoms. The van der Waals surface area contributed by atoms with Crippen molar-refractivity contribution in [2.24, 2.45) is 10.5 Å². The first kappa shape index (κ1) is 14.1. The molecule has 1 aromatic heterocycles. The highest BCUT2D eigenvalue weighted by Crippen LogP contribution is 2.09. The molecule has 0 saturated heterocycles. The van der Waals surface area contributed by atoms with Gasteiger partial charge in [0.25, 0.3) is 0 Å². The summed E-state index contributed by atoms with van der Waals surface area (Å²) in [6, 6.07) is 9.33. The number of nitrogens with zero attached hydrogens (tertiary/aromatic N) is 4. The quantitative estimate of drug-likeness (QED) is 0.612. The molecule has 0 saturated carbocycles. The van der Waals surface area contributed by atoms with Crippen LogP contribution in [-0.2, 0) is 0 Å². The maximum Gasteiger partial charge on any atom is 0.195 e. The van der Waals surface area contributed by atoms with Gasteiger partial charge in [0.15, 0.2) is 5.11 Å². The molecule has 92 valence electrons. The third-order valence-corrected chi connectivity index (χ3v) is 3.03. The predicted molar refractivity (Wildman–Crippen MR) is 74.8 cm³/mol. The molecule has 0 aliphatic carbocycles. The summed E-state index contributed by atoms with van der Waals surface area (Å²) in [6.45, 7) is 0. The molecule has 0 aliphatic rings. The molecule has 1 atom stereocenters. The second-order valence-corrected chi connectivity index (χ2v) is 4.64. The Morgan fingerprint density at radius 3 is 2.00 bits per heavy atom. The van der Waals surface area contributed by atoms with Crippen molar-refractivity contribution in [3.05, 3.63) is 49.3 Å². The number of benzene rings is 1. The second kappa shape index (κ2) is 8.16. The molecule has 0 spiro atoms. The summed E-state index contributed by atoms with van der Waals surface area (Å²) >= 11 is 4.58. The molecule has 6 nitrogen and oxygen atoms in total. The Labute approximate surface area is 110 Å². The average molecular weight is 278 g/mol. The minimum Gasteiger partial charge on any atom is -0.374 e. The van der Waals surface area contributed by atoms with Gasteiger partial charge in [0.1, 0.15) is 19.0 Å². The van der Waals surface area contributed by atoms with Crippen LogP contribution in [0.4, 0.5) is 0 Å². The van der Waals surface area contributed by atoms with Gasteiger partial charge in [-0.15, -0.1) is 0 Å². The Hall–Kier alpha value is -1.98. The van der Waals surface area contributed by atoms with Crippen LogP contribution in [0.2, 0.25) is 0 Å². The first-order valence-corrected chi connectivity index (χ1v) is 6.53. The van der Waals surface area contributed by atoms with E-state index in [4.69, 9.17) is 10.9 Å². The minimum atomic E-state index is -1.31. The van der Waals surface area contributed by atoms with E-state index in [9.17, 15) is 0 Å². The molecule has 0 amide bonds. The fourth-order valence-electron chi connectivity index (χ4n) is 0.930. The molecular formula is C10H11N6PS. The van der Waals surface area contributed by atoms with Crippen LogP contribution >= 0.6 is 19.7 Å². The molecule has 3 N–H and O–H groups in total. The number of nitrogens with two attached hydrogens (primary N) is 1. The first-order valence-electron chi connectivity index (χ1n) is 4.82. The second-order valence-electron chi connectivity index (χ2n) is 2.88. The standard InChI is InChI=1S/C7H8N3PS.C3H3N3/c8-7(12)10-11(9)6-4-2-1-3-5-6;1-4-2-6-3-5-1/h1-5,9H,(H2,8,12);1-3H. The van der Waals surface area contributed by atoms with Gasteiger partial charge in [-0.3, -0.25) is 5.16 Å². The van der Waals surface area contributed by atoms with Crippen molar-refractivity contribution in [3.63, 3.8) is 0 Å². The van der Waals surface area contributed by atoms with E-state index in [1.54, 1.807) is 0 Å². The Morgan fingerprint density at radius 1 is 1.11 bits per heavy atom. The molecule has 0 aliphatic heterocycles. The number of aromatic nitrogens is 3. The molecule has 8 heteroatoms. The molecule has 1 heterocycles. The lowest BCUT2D eigenvalue weighted by molar-refractivity contribution is 1.05. The molecule has 0 radical (unpaired) electrons. The van der Waals surface area contributed by atoms with Gasteiger partial charge < -0.3 is 5.73 Å². The maximum absolute atomic E-state index is 7.57. The summed E-state index contributed by atoms with van der Waals surface area (Å²) in [4.78, 5) is 10.7. The van der Waals surface area contributed by atoms with Crippen molar-refractivity contribution >= 4 is 30.1 Å². The average Bonchev–Trinajstić information content (AvgIpc) is 2.42. The van der Waals surface area contributed by atoms with Gasteiger partial charge in [0.2, 0.25) is 0 Å². The van der Waals surface area contributed by atoms with Gasteiger partial charge in [-0.2, -0.15) is 4.74 Å². The fourth-order valence-corrected chi connectivity index (χ4v) is 1.94. The molecule has 2 rings (SSSR count). The normalized spacial score (nSPS) is 10.1. The van der Waals surface area contributed by atoms with E-state index in [0.717, 1.165) is 5.30 Å². The lowest BCUT2D eigenvalue weighted by Gasteiger charge is -1.91. The van der Waals surface area contributed by atoms with Crippen molar-refractivity contribution < 1.29 is 0 Å². The van der Waals surface area contributed by atoms with Crippen LogP contribution in [-0.4, -0.2) is 20.1 Å². The summed E-state index contributed by atoms with van der Waals surface area (Å²) in [5.74, 6) is 0. The fraction of sp³-hybridized carbons (Fsp3) is 0. The van der Waals surface area contributed by atoms with Crippen molar-refractivity contribution in [2.75, 3.05) is 0 Å². The van der Waals surface area contributed by atoms with Crippen molar-refractivity contribution in [3.8, 4) is 0 Å². The van der Waals surface area contributed by atoms with Gasteiger partial charge in [0, 0.05) is 5.30 Å². The smallest absolute Gasteiger partial charge is 0.195 e. The lowest BCUT2D eigenvalue weighted by atomic mass is 10.4. The summed E-state index contributed by atoms with van der Waals surface area (Å²) in [5, 5.41) is 8.49. The van der Waals surface area contributed by atoms with E-state index in [1.807, 2.05) is 30.3 Å². The van der Waals surface area contributed by atoms with E-state index in [0.29, 0.717) is 0 Å². The topological polar surface area (TPSA) is 101 Å². The number of thiocarbonyl (C=S) groups is 1. The van der Waals surface area contributed by atoms with E-state index in [1.165, 1.54) is 19.0 Å². The van der Waals surface area contributed by atoms with Crippen LogP contribution in [0.5, 0.6) is 0 Å². The third kappa shape index (κ3) is 5.93. The van der Waals surface area contributed by atoms with Crippen molar-refractivity contribution in [1.82, 2.24) is 15.0 Å². The molecule has 1 unspecified atom stereocenters. The van der Waals surface area contributed by atoms with Crippen LogP contribution in [0.3, 0.4) is 0 Å². The van der Waals surface area contributed by atoms with Crippen LogP contribution < -0.4 is 11.0 Å². The van der Waals surface area contributed by atoms with E-state index < -0.39 is 7.51 Å². The highest BCUT2D eigenvalue weighted by Gasteiger charge is 1.90. The Morgan fingerprint density at radius 2 is 1.61 bits per heavy atom. The highest BCUT2D eigenvalue weighted by atomic mass is 32.1. The van der Waals surface area contributed by atoms with Crippen LogP contribution in [0.15, 0.2) is 54.1 Å². The Balaban J connectivity index is 0.000000225. The third-order valence-electron chi connectivity index (χ3n) is 1.60. The SMILES string of the molecule is N=P(=NC(N)=S)c1ccccc1.c1ncncn1. The van der Waals surface area contributed by atoms with Gasteiger partial charge in [-0.25, -0.2) is 15.0 Å². The zero-order chi connectivity index (χ0) is 13.2. The summed E-state index contributed by atoms with van der Waals surface area (Å²) in [7, 11) is -1.31. The molecule has 1 aromatic carbocycles. The van der Waals surface area contributed by atoms with Crippen LogP contribution in [0.1, 0.15) is 0 Å². The number of nitrogens with one attached hydrogen (secondary N) is 1. The summed E-state index contributed by atoms with van der Waals surface area (Å²) in [5.41, 5.74) is 5.19. The number of rotatable bonds is 1. The molecule has 0 fully saturated rings. The van der Waals surface area contributed by atoms with Crippen molar-refractivity contribution in [2.45, 2.75) is 0 Å². The Kier molecular flexibility index (Phi) is 6.38. The minimum absolute atomic E-state index is 0.0555. The van der Waals surface area contributed by atoms with E-state index in [-0.39, 0.29) is 5.11 Å².